The average Bonchev–Trinajstić information content (AvgIpc) is 2.49. The van der Waals surface area contributed by atoms with Crippen LogP contribution in [-0.2, 0) is 0 Å². The topological polar surface area (TPSA) is 124 Å². The highest BCUT2D eigenvalue weighted by Crippen LogP contribution is 2.20. The number of aromatic carboxylic acids is 1. The summed E-state index contributed by atoms with van der Waals surface area (Å²) in [7, 11) is 0. The fraction of sp³-hybridized carbons (Fsp3) is 0.188. The minimum absolute atomic E-state index is 0.199. The zero-order chi connectivity index (χ0) is 18.4. The molecule has 0 saturated heterocycles. The number of carboxylic acids is 1. The van der Waals surface area contributed by atoms with Gasteiger partial charge in [-0.1, -0.05) is 18.2 Å². The van der Waals surface area contributed by atoms with E-state index in [-0.39, 0.29) is 21.9 Å². The lowest BCUT2D eigenvalue weighted by Gasteiger charge is -1.98. The predicted octanol–water partition coefficient (Wildman–Crippen LogP) is 3.81. The number of nitro groups is 2. The summed E-state index contributed by atoms with van der Waals surface area (Å²) in [6.45, 7) is 5.24. The molecular formula is C16H16N2O6. The fourth-order valence-corrected chi connectivity index (χ4v) is 1.89. The Labute approximate surface area is 137 Å². The molecule has 0 bridgehead atoms. The van der Waals surface area contributed by atoms with E-state index in [2.05, 4.69) is 0 Å². The molecule has 0 radical (unpaired) electrons. The summed E-state index contributed by atoms with van der Waals surface area (Å²) < 4.78 is 0. The molecule has 0 heterocycles. The molecule has 24 heavy (non-hydrogen) atoms. The van der Waals surface area contributed by atoms with Crippen LogP contribution in [0.5, 0.6) is 0 Å². The van der Waals surface area contributed by atoms with Gasteiger partial charge in [-0.05, 0) is 38.0 Å². The van der Waals surface area contributed by atoms with Crippen molar-refractivity contribution in [3.8, 4) is 0 Å². The minimum atomic E-state index is -1.29. The molecule has 0 saturated carbocycles. The van der Waals surface area contributed by atoms with E-state index in [4.69, 9.17) is 5.11 Å². The normalized spacial score (nSPS) is 9.62. The molecule has 2 aromatic rings. The highest BCUT2D eigenvalue weighted by Gasteiger charge is 2.18. The summed E-state index contributed by atoms with van der Waals surface area (Å²) in [5, 5.41) is 29.4. The van der Waals surface area contributed by atoms with E-state index in [9.17, 15) is 25.0 Å². The number of carbonyl (C=O) groups is 1. The van der Waals surface area contributed by atoms with Gasteiger partial charge in [-0.25, -0.2) is 4.79 Å². The maximum atomic E-state index is 10.5. The lowest BCUT2D eigenvalue weighted by Crippen LogP contribution is -2.02. The van der Waals surface area contributed by atoms with Gasteiger partial charge >= 0.3 is 5.97 Å². The number of rotatable bonds is 3. The smallest absolute Gasteiger partial charge is 0.342 e. The van der Waals surface area contributed by atoms with Gasteiger partial charge in [0, 0.05) is 17.7 Å². The molecule has 8 heteroatoms. The Morgan fingerprint density at radius 1 is 0.875 bits per heavy atom. The quantitative estimate of drug-likeness (QED) is 0.673. The van der Waals surface area contributed by atoms with E-state index in [1.807, 2.05) is 13.0 Å². The molecule has 0 fully saturated rings. The standard InChI is InChI=1S/C8H7NO4.C8H9NO2/c1-5-2-3-6(8(10)11)7(4-5)9(12)13;1-6-3-4-7(2)8(5-6)9(10)11/h2-4H,1H3,(H,10,11);3-5H,1-2H3. The van der Waals surface area contributed by atoms with Crippen LogP contribution < -0.4 is 0 Å². The predicted molar refractivity (Wildman–Crippen MR) is 87.4 cm³/mol. The van der Waals surface area contributed by atoms with Crippen molar-refractivity contribution in [1.29, 1.82) is 0 Å². The SMILES string of the molecule is Cc1ccc(C(=O)O)c([N+](=O)[O-])c1.Cc1ccc(C)c([N+](=O)[O-])c1. The van der Waals surface area contributed by atoms with Gasteiger partial charge in [0.15, 0.2) is 0 Å². The second-order valence-electron chi connectivity index (χ2n) is 5.13. The molecule has 0 aromatic heterocycles. The van der Waals surface area contributed by atoms with Crippen LogP contribution in [0.3, 0.4) is 0 Å². The molecule has 0 aliphatic carbocycles. The maximum absolute atomic E-state index is 10.5. The number of hydrogen-bond donors (Lipinski definition) is 1. The first kappa shape index (κ1) is 18.8. The zero-order valence-electron chi connectivity index (χ0n) is 13.3. The molecule has 1 N–H and O–H groups in total. The number of benzene rings is 2. The van der Waals surface area contributed by atoms with Gasteiger partial charge in [-0.2, -0.15) is 0 Å². The number of aryl methyl sites for hydroxylation is 3. The molecule has 0 aliphatic heterocycles. The lowest BCUT2D eigenvalue weighted by molar-refractivity contribution is -0.385. The third kappa shape index (κ3) is 4.87. The van der Waals surface area contributed by atoms with Gasteiger partial charge < -0.3 is 5.11 Å². The Bertz CT molecular complexity index is 801. The minimum Gasteiger partial charge on any atom is -0.477 e. The first-order chi connectivity index (χ1) is 11.1. The van der Waals surface area contributed by atoms with Crippen LogP contribution in [-0.4, -0.2) is 20.9 Å². The van der Waals surface area contributed by atoms with Gasteiger partial charge in [0.05, 0.1) is 9.85 Å². The van der Waals surface area contributed by atoms with Gasteiger partial charge in [-0.3, -0.25) is 20.2 Å². The van der Waals surface area contributed by atoms with Crippen molar-refractivity contribution in [1.82, 2.24) is 0 Å². The zero-order valence-corrected chi connectivity index (χ0v) is 13.3. The number of nitro benzene ring substituents is 2. The van der Waals surface area contributed by atoms with Crippen molar-refractivity contribution in [3.05, 3.63) is 78.9 Å². The van der Waals surface area contributed by atoms with E-state index in [1.54, 1.807) is 26.0 Å². The van der Waals surface area contributed by atoms with Crippen molar-refractivity contribution in [3.63, 3.8) is 0 Å². The first-order valence-corrected chi connectivity index (χ1v) is 6.83. The Morgan fingerprint density at radius 2 is 1.33 bits per heavy atom. The Kier molecular flexibility index (Phi) is 6.11. The van der Waals surface area contributed by atoms with Crippen molar-refractivity contribution in [2.24, 2.45) is 0 Å². The number of hydrogen-bond acceptors (Lipinski definition) is 5. The molecule has 0 spiro atoms. The van der Waals surface area contributed by atoms with E-state index in [0.717, 1.165) is 5.56 Å². The number of nitrogens with zero attached hydrogens (tertiary/aromatic N) is 2. The van der Waals surface area contributed by atoms with Crippen LogP contribution in [0.4, 0.5) is 11.4 Å². The second-order valence-corrected chi connectivity index (χ2v) is 5.13. The van der Waals surface area contributed by atoms with E-state index < -0.39 is 10.9 Å². The van der Waals surface area contributed by atoms with Crippen LogP contribution in [0.2, 0.25) is 0 Å². The monoisotopic (exact) mass is 332 g/mol. The highest BCUT2D eigenvalue weighted by molar-refractivity contribution is 5.92. The molecule has 2 rings (SSSR count). The first-order valence-electron chi connectivity index (χ1n) is 6.83. The average molecular weight is 332 g/mol. The highest BCUT2D eigenvalue weighted by atomic mass is 16.6. The van der Waals surface area contributed by atoms with Gasteiger partial charge in [0.25, 0.3) is 11.4 Å². The lowest BCUT2D eigenvalue weighted by atomic mass is 10.1. The van der Waals surface area contributed by atoms with Crippen LogP contribution >= 0.6 is 0 Å². The summed E-state index contributed by atoms with van der Waals surface area (Å²) in [6, 6.07) is 9.20. The van der Waals surface area contributed by atoms with Gasteiger partial charge in [-0.15, -0.1) is 0 Å². The van der Waals surface area contributed by atoms with Crippen LogP contribution in [0.25, 0.3) is 0 Å². The summed E-state index contributed by atoms with van der Waals surface area (Å²) in [4.78, 5) is 30.3. The largest absolute Gasteiger partial charge is 0.477 e. The van der Waals surface area contributed by atoms with E-state index in [0.29, 0.717) is 11.1 Å². The van der Waals surface area contributed by atoms with Crippen molar-refractivity contribution >= 4 is 17.3 Å². The Morgan fingerprint density at radius 3 is 1.75 bits per heavy atom. The summed E-state index contributed by atoms with van der Waals surface area (Å²) in [5.74, 6) is -1.29. The Hall–Kier alpha value is -3.29. The molecule has 126 valence electrons. The maximum Gasteiger partial charge on any atom is 0.342 e. The summed E-state index contributed by atoms with van der Waals surface area (Å²) >= 11 is 0. The van der Waals surface area contributed by atoms with Gasteiger partial charge in [0.2, 0.25) is 0 Å². The Balaban J connectivity index is 0.000000243. The number of carboxylic acid groups (broad SMARTS) is 1. The van der Waals surface area contributed by atoms with E-state index >= 15 is 0 Å². The summed E-state index contributed by atoms with van der Waals surface area (Å²) in [5.41, 5.74) is 1.84. The van der Waals surface area contributed by atoms with Crippen molar-refractivity contribution < 1.29 is 19.7 Å². The third-order valence-corrected chi connectivity index (χ3v) is 3.14. The van der Waals surface area contributed by atoms with Crippen molar-refractivity contribution in [2.75, 3.05) is 0 Å². The van der Waals surface area contributed by atoms with Gasteiger partial charge in [0.1, 0.15) is 5.56 Å². The fourth-order valence-electron chi connectivity index (χ4n) is 1.89. The van der Waals surface area contributed by atoms with Crippen molar-refractivity contribution in [2.45, 2.75) is 20.8 Å². The molecule has 8 nitrogen and oxygen atoms in total. The second kappa shape index (κ2) is 7.82. The molecule has 0 aliphatic rings. The molecule has 0 amide bonds. The molecular weight excluding hydrogens is 316 g/mol. The van der Waals surface area contributed by atoms with Crippen LogP contribution in [0.1, 0.15) is 27.0 Å². The third-order valence-electron chi connectivity index (χ3n) is 3.14. The van der Waals surface area contributed by atoms with E-state index in [1.165, 1.54) is 18.2 Å². The molecule has 2 aromatic carbocycles. The molecule has 0 unspecified atom stereocenters. The van der Waals surface area contributed by atoms with Crippen LogP contribution in [0, 0.1) is 41.0 Å². The summed E-state index contributed by atoms with van der Waals surface area (Å²) in [6.07, 6.45) is 0. The van der Waals surface area contributed by atoms with Crippen LogP contribution in [0.15, 0.2) is 36.4 Å². The molecule has 0 atom stereocenters.